The molecule has 2 rings (SSSR count). The summed E-state index contributed by atoms with van der Waals surface area (Å²) in [6.45, 7) is 10.4. The van der Waals surface area contributed by atoms with Crippen LogP contribution < -0.4 is 10.9 Å². The Bertz CT molecular complexity index is 762. The maximum absolute atomic E-state index is 12.5. The molecule has 0 radical (unpaired) electrons. The van der Waals surface area contributed by atoms with Crippen LogP contribution in [-0.4, -0.2) is 10.5 Å². The first-order valence-corrected chi connectivity index (χ1v) is 8.39. The highest BCUT2D eigenvalue weighted by Gasteiger charge is 2.16. The lowest BCUT2D eigenvalue weighted by Gasteiger charge is -2.20. The number of carbonyl (C=O) groups excluding carboxylic acids is 1. The van der Waals surface area contributed by atoms with Crippen molar-refractivity contribution in [2.24, 2.45) is 0 Å². The van der Waals surface area contributed by atoms with Crippen LogP contribution in [0, 0.1) is 6.92 Å². The number of aromatic nitrogens is 1. The van der Waals surface area contributed by atoms with Gasteiger partial charge in [-0.15, -0.1) is 0 Å². The van der Waals surface area contributed by atoms with Crippen LogP contribution in [-0.2, 0) is 11.3 Å². The van der Waals surface area contributed by atoms with E-state index in [-0.39, 0.29) is 18.0 Å². The van der Waals surface area contributed by atoms with Crippen LogP contribution in [0.2, 0.25) is 0 Å². The summed E-state index contributed by atoms with van der Waals surface area (Å²) in [7, 11) is 0. The van der Waals surface area contributed by atoms with Gasteiger partial charge in [-0.1, -0.05) is 52.0 Å². The van der Waals surface area contributed by atoms with Gasteiger partial charge in [-0.25, -0.2) is 0 Å². The number of benzene rings is 1. The third-order valence-electron chi connectivity index (χ3n) is 4.08. The average molecular weight is 326 g/mol. The number of pyridine rings is 1. The zero-order valence-electron chi connectivity index (χ0n) is 15.1. The minimum Gasteiger partial charge on any atom is -0.324 e. The van der Waals surface area contributed by atoms with Crippen LogP contribution in [0.15, 0.2) is 41.3 Å². The van der Waals surface area contributed by atoms with Crippen molar-refractivity contribution in [1.82, 2.24) is 4.57 Å². The zero-order chi connectivity index (χ0) is 17.9. The van der Waals surface area contributed by atoms with Crippen molar-refractivity contribution in [2.75, 3.05) is 5.32 Å². The lowest BCUT2D eigenvalue weighted by molar-refractivity contribution is -0.116. The van der Waals surface area contributed by atoms with E-state index < -0.39 is 0 Å². The second-order valence-corrected chi connectivity index (χ2v) is 6.84. The highest BCUT2D eigenvalue weighted by molar-refractivity contribution is 5.92. The van der Waals surface area contributed by atoms with Gasteiger partial charge in [0.1, 0.15) is 6.54 Å². The molecule has 0 saturated carbocycles. The molecule has 0 saturated heterocycles. The largest absolute Gasteiger partial charge is 0.324 e. The van der Waals surface area contributed by atoms with E-state index in [0.717, 1.165) is 22.4 Å². The minimum atomic E-state index is -0.183. The molecule has 4 nitrogen and oxygen atoms in total. The average Bonchev–Trinajstić information content (AvgIpc) is 2.50. The first-order chi connectivity index (χ1) is 11.3. The number of para-hydroxylation sites is 1. The van der Waals surface area contributed by atoms with Crippen molar-refractivity contribution in [2.45, 2.75) is 53.0 Å². The van der Waals surface area contributed by atoms with Gasteiger partial charge in [0, 0.05) is 18.0 Å². The van der Waals surface area contributed by atoms with Gasteiger partial charge in [0.2, 0.25) is 5.91 Å². The molecule has 4 heteroatoms. The summed E-state index contributed by atoms with van der Waals surface area (Å²) in [5.41, 5.74) is 3.90. The second-order valence-electron chi connectivity index (χ2n) is 6.84. The summed E-state index contributed by atoms with van der Waals surface area (Å²) in [6.07, 6.45) is 1.71. The number of aryl methyl sites for hydroxylation is 1. The fourth-order valence-corrected chi connectivity index (χ4v) is 2.80. The van der Waals surface area contributed by atoms with Gasteiger partial charge < -0.3 is 9.88 Å². The summed E-state index contributed by atoms with van der Waals surface area (Å²) in [4.78, 5) is 24.4. The molecule has 24 heavy (non-hydrogen) atoms. The summed E-state index contributed by atoms with van der Waals surface area (Å²) in [5.74, 6) is 0.430. The van der Waals surface area contributed by atoms with Crippen molar-refractivity contribution in [3.63, 3.8) is 0 Å². The molecule has 0 unspecified atom stereocenters. The summed E-state index contributed by atoms with van der Waals surface area (Å²) >= 11 is 0. The first-order valence-electron chi connectivity index (χ1n) is 8.39. The second kappa shape index (κ2) is 7.47. The molecule has 1 aromatic carbocycles. The Morgan fingerprint density at radius 2 is 1.62 bits per heavy atom. The number of carbonyl (C=O) groups is 1. The normalized spacial score (nSPS) is 11.1. The van der Waals surface area contributed by atoms with Crippen LogP contribution in [0.4, 0.5) is 5.69 Å². The molecular weight excluding hydrogens is 300 g/mol. The van der Waals surface area contributed by atoms with Crippen LogP contribution in [0.5, 0.6) is 0 Å². The molecule has 0 fully saturated rings. The first kappa shape index (κ1) is 18.0. The predicted octanol–water partition coefficient (Wildman–Crippen LogP) is 4.04. The monoisotopic (exact) mass is 326 g/mol. The lowest BCUT2D eigenvalue weighted by atomic mass is 9.92. The maximum Gasteiger partial charge on any atom is 0.251 e. The maximum atomic E-state index is 12.5. The smallest absolute Gasteiger partial charge is 0.251 e. The van der Waals surface area contributed by atoms with E-state index in [0.29, 0.717) is 11.8 Å². The summed E-state index contributed by atoms with van der Waals surface area (Å²) in [5, 5.41) is 3.04. The van der Waals surface area contributed by atoms with E-state index in [1.165, 1.54) is 10.6 Å². The minimum absolute atomic E-state index is 0.0183. The Morgan fingerprint density at radius 3 is 2.17 bits per heavy atom. The zero-order valence-corrected chi connectivity index (χ0v) is 15.1. The SMILES string of the molecule is Cc1ccc(=O)n(CC(=O)Nc2c(C(C)C)cccc2C(C)C)c1. The van der Waals surface area contributed by atoms with E-state index in [1.54, 1.807) is 12.3 Å². The van der Waals surface area contributed by atoms with Crippen molar-refractivity contribution >= 4 is 11.6 Å². The van der Waals surface area contributed by atoms with Gasteiger partial charge in [0.05, 0.1) is 0 Å². The van der Waals surface area contributed by atoms with Crippen LogP contribution in [0.1, 0.15) is 56.2 Å². The van der Waals surface area contributed by atoms with E-state index in [4.69, 9.17) is 0 Å². The Labute approximate surface area is 143 Å². The molecule has 0 atom stereocenters. The number of hydrogen-bond acceptors (Lipinski definition) is 2. The molecule has 0 aliphatic rings. The number of hydrogen-bond donors (Lipinski definition) is 1. The van der Waals surface area contributed by atoms with Crippen LogP contribution in [0.25, 0.3) is 0 Å². The molecule has 0 spiro atoms. The number of nitrogens with zero attached hydrogens (tertiary/aromatic N) is 1. The van der Waals surface area contributed by atoms with Gasteiger partial charge >= 0.3 is 0 Å². The van der Waals surface area contributed by atoms with E-state index >= 15 is 0 Å². The van der Waals surface area contributed by atoms with Gasteiger partial charge in [-0.3, -0.25) is 9.59 Å². The van der Waals surface area contributed by atoms with E-state index in [2.05, 4.69) is 33.0 Å². The predicted molar refractivity (Wildman–Crippen MR) is 98.7 cm³/mol. The Kier molecular flexibility index (Phi) is 5.60. The highest BCUT2D eigenvalue weighted by atomic mass is 16.2. The number of rotatable bonds is 5. The number of nitrogens with one attached hydrogen (secondary N) is 1. The molecule has 1 heterocycles. The molecule has 128 valence electrons. The Hall–Kier alpha value is -2.36. The molecule has 2 aromatic rings. The summed E-state index contributed by atoms with van der Waals surface area (Å²) < 4.78 is 1.44. The Balaban J connectivity index is 2.31. The molecule has 1 aromatic heterocycles. The van der Waals surface area contributed by atoms with Crippen molar-refractivity contribution < 1.29 is 4.79 Å². The number of anilines is 1. The molecule has 0 aliphatic carbocycles. The van der Waals surface area contributed by atoms with Gasteiger partial charge in [-0.05, 0) is 35.4 Å². The third-order valence-corrected chi connectivity index (χ3v) is 4.08. The molecule has 1 amide bonds. The quantitative estimate of drug-likeness (QED) is 0.901. The Morgan fingerprint density at radius 1 is 1.04 bits per heavy atom. The van der Waals surface area contributed by atoms with Gasteiger partial charge in [0.25, 0.3) is 5.56 Å². The standard InChI is InChI=1S/C20H26N2O2/c1-13(2)16-7-6-8-17(14(3)4)20(16)21-18(23)12-22-11-15(5)9-10-19(22)24/h6-11,13-14H,12H2,1-5H3,(H,21,23). The van der Waals surface area contributed by atoms with Crippen molar-refractivity contribution in [3.8, 4) is 0 Å². The van der Waals surface area contributed by atoms with E-state index in [1.807, 2.05) is 25.1 Å². The van der Waals surface area contributed by atoms with Crippen molar-refractivity contribution in [3.05, 3.63) is 63.6 Å². The van der Waals surface area contributed by atoms with Crippen LogP contribution in [0.3, 0.4) is 0 Å². The molecule has 0 aliphatic heterocycles. The van der Waals surface area contributed by atoms with Gasteiger partial charge in [0.15, 0.2) is 0 Å². The van der Waals surface area contributed by atoms with Gasteiger partial charge in [-0.2, -0.15) is 0 Å². The fraction of sp³-hybridized carbons (Fsp3) is 0.400. The molecule has 0 bridgehead atoms. The highest BCUT2D eigenvalue weighted by Crippen LogP contribution is 2.32. The molecule has 1 N–H and O–H groups in total. The fourth-order valence-electron chi connectivity index (χ4n) is 2.80. The summed E-state index contributed by atoms with van der Waals surface area (Å²) in [6, 6.07) is 9.37. The van der Waals surface area contributed by atoms with Crippen molar-refractivity contribution in [1.29, 1.82) is 0 Å². The third kappa shape index (κ3) is 4.13. The van der Waals surface area contributed by atoms with Crippen LogP contribution >= 0.6 is 0 Å². The van der Waals surface area contributed by atoms with E-state index in [9.17, 15) is 9.59 Å². The lowest BCUT2D eigenvalue weighted by Crippen LogP contribution is -2.27. The molecular formula is C20H26N2O2. The topological polar surface area (TPSA) is 51.1 Å². The number of amides is 1.